The quantitative estimate of drug-likeness (QED) is 0.154. The molecule has 3 saturated heterocycles. The Labute approximate surface area is 192 Å². The molecule has 0 aromatic rings. The van der Waals surface area contributed by atoms with Gasteiger partial charge in [0.25, 0.3) is 0 Å². The molecule has 200 valence electrons. The van der Waals surface area contributed by atoms with Crippen molar-refractivity contribution in [3.63, 3.8) is 0 Å². The van der Waals surface area contributed by atoms with Gasteiger partial charge < -0.3 is 79.9 Å². The van der Waals surface area contributed by atoms with Crippen molar-refractivity contribution in [1.82, 2.24) is 0 Å². The van der Waals surface area contributed by atoms with Crippen molar-refractivity contribution >= 4 is 0 Å². The van der Waals surface area contributed by atoms with Crippen LogP contribution in [0.3, 0.4) is 0 Å². The van der Waals surface area contributed by atoms with E-state index in [4.69, 9.17) is 23.7 Å². The summed E-state index contributed by atoms with van der Waals surface area (Å²) in [6.45, 7) is -2.08. The predicted octanol–water partition coefficient (Wildman–Crippen LogP) is -7.57. The van der Waals surface area contributed by atoms with Gasteiger partial charge in [-0.2, -0.15) is 0 Å². The fraction of sp³-hybridized carbons (Fsp3) is 1.00. The van der Waals surface area contributed by atoms with E-state index in [0.29, 0.717) is 0 Å². The predicted molar refractivity (Wildman–Crippen MR) is 101 cm³/mol. The fourth-order valence-electron chi connectivity index (χ4n) is 3.95. The molecule has 0 aromatic heterocycles. The first kappa shape index (κ1) is 27.9. The standard InChI is InChI=1S/C18H32O16/c19-1-4-7(21)9(23)13(27)17(32-4)30-3-6-15(11(25)12(26)16(29)31-6)34-18-14(28)10(24)8(22)5(2-20)33-18/h4-29H,1-3H2/t4-,5-,6-,7-,8-,9+,10+,11-,12-,13+,14+,15-,16+,17-,18-/m0/s1. The average Bonchev–Trinajstić information content (AvgIpc) is 2.82. The molecule has 0 bridgehead atoms. The Morgan fingerprint density at radius 2 is 1.00 bits per heavy atom. The van der Waals surface area contributed by atoms with Crippen LogP contribution in [0.2, 0.25) is 0 Å². The Morgan fingerprint density at radius 1 is 0.500 bits per heavy atom. The number of ether oxygens (including phenoxy) is 5. The third kappa shape index (κ3) is 5.52. The number of aliphatic hydroxyl groups is 11. The Balaban J connectivity index is 1.72. The second-order valence-electron chi connectivity index (χ2n) is 8.37. The number of hydrogen-bond acceptors (Lipinski definition) is 16. The first-order valence-corrected chi connectivity index (χ1v) is 10.6. The molecular weight excluding hydrogens is 472 g/mol. The summed E-state index contributed by atoms with van der Waals surface area (Å²) in [5.41, 5.74) is 0. The van der Waals surface area contributed by atoms with Crippen LogP contribution in [0.15, 0.2) is 0 Å². The molecule has 3 aliphatic heterocycles. The number of hydrogen-bond donors (Lipinski definition) is 11. The molecule has 0 aliphatic carbocycles. The summed E-state index contributed by atoms with van der Waals surface area (Å²) in [6.07, 6.45) is -25.0. The molecule has 15 atom stereocenters. The first-order chi connectivity index (χ1) is 16.0. The summed E-state index contributed by atoms with van der Waals surface area (Å²) >= 11 is 0. The fourth-order valence-corrected chi connectivity index (χ4v) is 3.95. The molecular formula is C18H32O16. The average molecular weight is 504 g/mol. The summed E-state index contributed by atoms with van der Waals surface area (Å²) < 4.78 is 26.4. The van der Waals surface area contributed by atoms with Crippen molar-refractivity contribution < 1.29 is 79.9 Å². The van der Waals surface area contributed by atoms with Gasteiger partial charge in [-0.25, -0.2) is 0 Å². The third-order valence-electron chi connectivity index (χ3n) is 6.07. The minimum Gasteiger partial charge on any atom is -0.394 e. The summed E-state index contributed by atoms with van der Waals surface area (Å²) in [7, 11) is 0. The van der Waals surface area contributed by atoms with E-state index in [0.717, 1.165) is 0 Å². The van der Waals surface area contributed by atoms with Crippen LogP contribution in [0.1, 0.15) is 0 Å². The van der Waals surface area contributed by atoms with E-state index in [2.05, 4.69) is 0 Å². The van der Waals surface area contributed by atoms with E-state index in [1.165, 1.54) is 0 Å². The zero-order valence-electron chi connectivity index (χ0n) is 17.7. The van der Waals surface area contributed by atoms with E-state index in [-0.39, 0.29) is 0 Å². The second kappa shape index (κ2) is 11.6. The largest absolute Gasteiger partial charge is 0.394 e. The van der Waals surface area contributed by atoms with Gasteiger partial charge in [0.15, 0.2) is 18.9 Å². The van der Waals surface area contributed by atoms with Crippen molar-refractivity contribution in [3.05, 3.63) is 0 Å². The van der Waals surface area contributed by atoms with Gasteiger partial charge in [-0.15, -0.1) is 0 Å². The van der Waals surface area contributed by atoms with Crippen LogP contribution in [-0.2, 0) is 23.7 Å². The first-order valence-electron chi connectivity index (χ1n) is 10.6. The highest BCUT2D eigenvalue weighted by Gasteiger charge is 2.51. The molecule has 0 saturated carbocycles. The van der Waals surface area contributed by atoms with Crippen molar-refractivity contribution in [2.75, 3.05) is 19.8 Å². The van der Waals surface area contributed by atoms with Crippen LogP contribution in [0, 0.1) is 0 Å². The van der Waals surface area contributed by atoms with Crippen molar-refractivity contribution in [1.29, 1.82) is 0 Å². The highest BCUT2D eigenvalue weighted by molar-refractivity contribution is 4.94. The van der Waals surface area contributed by atoms with Gasteiger partial charge in [0, 0.05) is 0 Å². The van der Waals surface area contributed by atoms with Crippen LogP contribution in [-0.4, -0.2) is 168 Å². The summed E-state index contributed by atoms with van der Waals surface area (Å²) in [4.78, 5) is 0. The van der Waals surface area contributed by atoms with Gasteiger partial charge in [-0.3, -0.25) is 0 Å². The molecule has 3 aliphatic rings. The second-order valence-corrected chi connectivity index (χ2v) is 8.37. The highest BCUT2D eigenvalue weighted by atomic mass is 16.7. The molecule has 3 heterocycles. The minimum absolute atomic E-state index is 0.619. The molecule has 3 fully saturated rings. The van der Waals surface area contributed by atoms with E-state index in [1.54, 1.807) is 0 Å². The topological polar surface area (TPSA) is 269 Å². The maximum absolute atomic E-state index is 10.4. The zero-order valence-corrected chi connectivity index (χ0v) is 17.7. The lowest BCUT2D eigenvalue weighted by molar-refractivity contribution is -0.363. The lowest BCUT2D eigenvalue weighted by Gasteiger charge is -2.46. The zero-order chi connectivity index (χ0) is 25.3. The summed E-state index contributed by atoms with van der Waals surface area (Å²) in [6, 6.07) is 0. The van der Waals surface area contributed by atoms with Crippen molar-refractivity contribution in [3.8, 4) is 0 Å². The minimum atomic E-state index is -1.91. The Kier molecular flexibility index (Phi) is 9.54. The van der Waals surface area contributed by atoms with E-state index >= 15 is 0 Å². The van der Waals surface area contributed by atoms with E-state index in [9.17, 15) is 56.2 Å². The van der Waals surface area contributed by atoms with Crippen LogP contribution in [0.4, 0.5) is 0 Å². The van der Waals surface area contributed by atoms with Crippen LogP contribution in [0.25, 0.3) is 0 Å². The van der Waals surface area contributed by atoms with E-state index in [1.807, 2.05) is 0 Å². The number of aliphatic hydroxyl groups excluding tert-OH is 11. The molecule has 11 N–H and O–H groups in total. The normalized spacial score (nSPS) is 52.5. The van der Waals surface area contributed by atoms with Crippen molar-refractivity contribution in [2.24, 2.45) is 0 Å². The molecule has 0 radical (unpaired) electrons. The Bertz CT molecular complexity index is 637. The molecule has 0 unspecified atom stereocenters. The highest BCUT2D eigenvalue weighted by Crippen LogP contribution is 2.30. The van der Waals surface area contributed by atoms with Crippen LogP contribution in [0.5, 0.6) is 0 Å². The van der Waals surface area contributed by atoms with Gasteiger partial charge in [-0.05, 0) is 0 Å². The van der Waals surface area contributed by atoms with Gasteiger partial charge in [-0.1, -0.05) is 0 Å². The van der Waals surface area contributed by atoms with Gasteiger partial charge in [0.1, 0.15) is 73.2 Å². The molecule has 3 rings (SSSR count). The van der Waals surface area contributed by atoms with Gasteiger partial charge in [0.05, 0.1) is 19.8 Å². The number of rotatable bonds is 7. The van der Waals surface area contributed by atoms with Crippen molar-refractivity contribution in [2.45, 2.75) is 92.1 Å². The lowest BCUT2D eigenvalue weighted by Crippen LogP contribution is -2.65. The molecule has 0 aromatic carbocycles. The molecule has 34 heavy (non-hydrogen) atoms. The Hall–Kier alpha value is -0.640. The maximum atomic E-state index is 10.4. The monoisotopic (exact) mass is 504 g/mol. The molecule has 0 amide bonds. The maximum Gasteiger partial charge on any atom is 0.187 e. The molecule has 16 nitrogen and oxygen atoms in total. The lowest BCUT2D eigenvalue weighted by atomic mass is 9.97. The third-order valence-corrected chi connectivity index (χ3v) is 6.07. The summed E-state index contributed by atoms with van der Waals surface area (Å²) in [5.74, 6) is 0. The van der Waals surface area contributed by atoms with Gasteiger partial charge >= 0.3 is 0 Å². The van der Waals surface area contributed by atoms with Crippen LogP contribution < -0.4 is 0 Å². The van der Waals surface area contributed by atoms with Gasteiger partial charge in [0.2, 0.25) is 0 Å². The molecule has 0 spiro atoms. The Morgan fingerprint density at radius 3 is 1.53 bits per heavy atom. The SMILES string of the molecule is OC[C@@H]1O[C@@H](O[C@@H]2[C@@H](O)[C@H](O)[C@H](O)O[C@H]2CO[C@H]2O[C@@H](CO)[C@H](O)[C@@H](O)[C@H]2O)[C@H](O)[C@H](O)[C@H]1O. The molecule has 16 heteroatoms. The summed E-state index contributed by atoms with van der Waals surface area (Å²) in [5, 5.41) is 109. The van der Waals surface area contributed by atoms with E-state index < -0.39 is 112 Å². The smallest absolute Gasteiger partial charge is 0.187 e. The van der Waals surface area contributed by atoms with Crippen LogP contribution >= 0.6 is 0 Å².